The lowest BCUT2D eigenvalue weighted by atomic mass is 10.2. The summed E-state index contributed by atoms with van der Waals surface area (Å²) in [6, 6.07) is 12.9. The van der Waals surface area contributed by atoms with E-state index < -0.39 is 20.3 Å². The van der Waals surface area contributed by atoms with Crippen LogP contribution in [0.4, 0.5) is 0 Å². The Bertz CT molecular complexity index is 807. The molecule has 0 aliphatic rings. The number of carbonyl (C=O) groups is 2. The van der Waals surface area contributed by atoms with Crippen LogP contribution in [0.1, 0.15) is 41.5 Å². The lowest BCUT2D eigenvalue weighted by Crippen LogP contribution is -2.42. The fraction of sp³-hybridized carbons (Fsp3) is 0.300. The molecule has 2 aromatic carbocycles. The number of halogens is 1. The molecule has 0 radical (unpaired) electrons. The molecule has 2 aromatic rings. The van der Waals surface area contributed by atoms with Crippen LogP contribution in [-0.2, 0) is 4.43 Å². The Morgan fingerprint density at radius 3 is 2.08 bits per heavy atom. The number of esters is 1. The van der Waals surface area contributed by atoms with Crippen LogP contribution in [0.15, 0.2) is 48.5 Å². The average Bonchev–Trinajstić information content (AvgIpc) is 2.54. The number of hydrogen-bond donors (Lipinski definition) is 0. The molecule has 0 fully saturated rings. The molecule has 0 N–H and O–H groups in total. The second kappa shape index (κ2) is 7.64. The normalized spacial score (nSPS) is 11.8. The van der Waals surface area contributed by atoms with Crippen LogP contribution in [0.5, 0.6) is 5.75 Å². The summed E-state index contributed by atoms with van der Waals surface area (Å²) >= 11 is 5.83. The van der Waals surface area contributed by atoms with E-state index in [1.165, 1.54) is 0 Å². The Kier molecular flexibility index (Phi) is 5.93. The molecule has 0 atom stereocenters. The van der Waals surface area contributed by atoms with Crippen molar-refractivity contribution in [2.24, 2.45) is 0 Å². The van der Waals surface area contributed by atoms with Crippen molar-refractivity contribution >= 4 is 31.9 Å². The first-order chi connectivity index (χ1) is 12.0. The molecule has 0 saturated carbocycles. The van der Waals surface area contributed by atoms with E-state index in [9.17, 15) is 9.59 Å². The quantitative estimate of drug-likeness (QED) is 0.380. The van der Waals surface area contributed by atoms with E-state index in [1.807, 2.05) is 13.1 Å². The fourth-order valence-electron chi connectivity index (χ4n) is 1.91. The van der Waals surface area contributed by atoms with Crippen molar-refractivity contribution in [3.63, 3.8) is 0 Å². The SMILES string of the molecule is CC(C)(C)[Si](C)(C)OC(=O)c1ccccc1OC(=O)c1ccc(Cl)cc1. The third kappa shape index (κ3) is 4.74. The van der Waals surface area contributed by atoms with E-state index in [4.69, 9.17) is 20.8 Å². The first-order valence-electron chi connectivity index (χ1n) is 8.31. The zero-order valence-corrected chi connectivity index (χ0v) is 17.4. The van der Waals surface area contributed by atoms with Gasteiger partial charge in [-0.2, -0.15) is 0 Å². The van der Waals surface area contributed by atoms with E-state index in [-0.39, 0.29) is 16.4 Å². The first kappa shape index (κ1) is 20.2. The highest BCUT2D eigenvalue weighted by Gasteiger charge is 2.41. The van der Waals surface area contributed by atoms with Crippen molar-refractivity contribution in [2.75, 3.05) is 0 Å². The molecule has 138 valence electrons. The Labute approximate surface area is 160 Å². The van der Waals surface area contributed by atoms with Gasteiger partial charge in [0.2, 0.25) is 0 Å². The lowest BCUT2D eigenvalue weighted by molar-refractivity contribution is 0.0693. The minimum atomic E-state index is -2.29. The van der Waals surface area contributed by atoms with E-state index >= 15 is 0 Å². The molecule has 0 heterocycles. The van der Waals surface area contributed by atoms with Gasteiger partial charge in [0, 0.05) is 5.02 Å². The minimum absolute atomic E-state index is 0.114. The van der Waals surface area contributed by atoms with E-state index in [0.29, 0.717) is 10.6 Å². The molecule has 0 aliphatic heterocycles. The first-order valence-corrected chi connectivity index (χ1v) is 11.6. The average molecular weight is 391 g/mol. The summed E-state index contributed by atoms with van der Waals surface area (Å²) in [6.07, 6.45) is 0. The maximum Gasteiger partial charge on any atom is 0.343 e. The summed E-state index contributed by atoms with van der Waals surface area (Å²) in [4.78, 5) is 25.0. The minimum Gasteiger partial charge on any atom is -0.516 e. The van der Waals surface area contributed by atoms with Crippen molar-refractivity contribution in [3.8, 4) is 5.75 Å². The molecule has 2 rings (SSSR count). The molecule has 0 aromatic heterocycles. The van der Waals surface area contributed by atoms with Crippen LogP contribution in [0, 0.1) is 0 Å². The Morgan fingerprint density at radius 2 is 1.50 bits per heavy atom. The van der Waals surface area contributed by atoms with Gasteiger partial charge in [-0.1, -0.05) is 44.5 Å². The zero-order chi connectivity index (χ0) is 19.5. The highest BCUT2D eigenvalue weighted by atomic mass is 35.5. The number of carbonyl (C=O) groups excluding carboxylic acids is 2. The number of rotatable bonds is 4. The maximum absolute atomic E-state index is 12.7. The van der Waals surface area contributed by atoms with Crippen LogP contribution < -0.4 is 4.74 Å². The van der Waals surface area contributed by atoms with Crippen LogP contribution >= 0.6 is 11.6 Å². The smallest absolute Gasteiger partial charge is 0.343 e. The van der Waals surface area contributed by atoms with Crippen molar-refractivity contribution in [1.82, 2.24) is 0 Å². The summed E-state index contributed by atoms with van der Waals surface area (Å²) in [5.41, 5.74) is 0.585. The number of para-hydroxylation sites is 1. The number of hydrogen-bond acceptors (Lipinski definition) is 4. The van der Waals surface area contributed by atoms with Gasteiger partial charge in [-0.15, -0.1) is 0 Å². The largest absolute Gasteiger partial charge is 0.516 e. The maximum atomic E-state index is 12.7. The standard InChI is InChI=1S/C20H23ClO4Si/c1-20(2,3)26(4,5)25-19(23)16-8-6-7-9-17(16)24-18(22)14-10-12-15(21)13-11-14/h6-13H,1-5H3. The second-order valence-electron chi connectivity index (χ2n) is 7.54. The zero-order valence-electron chi connectivity index (χ0n) is 15.6. The van der Waals surface area contributed by atoms with Gasteiger partial charge in [0.1, 0.15) is 11.3 Å². The van der Waals surface area contributed by atoms with Crippen molar-refractivity contribution in [1.29, 1.82) is 0 Å². The summed E-state index contributed by atoms with van der Waals surface area (Å²) in [7, 11) is -2.29. The monoisotopic (exact) mass is 390 g/mol. The second-order valence-corrected chi connectivity index (χ2v) is 12.7. The third-order valence-electron chi connectivity index (χ3n) is 4.54. The molecule has 26 heavy (non-hydrogen) atoms. The van der Waals surface area contributed by atoms with Crippen LogP contribution in [-0.4, -0.2) is 20.3 Å². The van der Waals surface area contributed by atoms with Crippen LogP contribution in [0.25, 0.3) is 0 Å². The molecule has 6 heteroatoms. The van der Waals surface area contributed by atoms with Gasteiger partial charge in [0.05, 0.1) is 5.56 Å². The van der Waals surface area contributed by atoms with E-state index in [0.717, 1.165) is 0 Å². The number of benzene rings is 2. The van der Waals surface area contributed by atoms with Gasteiger partial charge in [-0.05, 0) is 54.5 Å². The molecule has 0 aliphatic carbocycles. The molecule has 0 bridgehead atoms. The van der Waals surface area contributed by atoms with E-state index in [1.54, 1.807) is 48.5 Å². The van der Waals surface area contributed by atoms with Gasteiger partial charge in [-0.25, -0.2) is 9.59 Å². The molecular weight excluding hydrogens is 368 g/mol. The Morgan fingerprint density at radius 1 is 0.923 bits per heavy atom. The van der Waals surface area contributed by atoms with Gasteiger partial charge in [0.25, 0.3) is 8.32 Å². The Hall–Kier alpha value is -2.11. The Balaban J connectivity index is 2.23. The van der Waals surface area contributed by atoms with Gasteiger partial charge in [0.15, 0.2) is 0 Å². The molecular formula is C20H23ClO4Si. The van der Waals surface area contributed by atoms with Crippen molar-refractivity contribution < 1.29 is 18.8 Å². The third-order valence-corrected chi connectivity index (χ3v) is 9.10. The van der Waals surface area contributed by atoms with Gasteiger partial charge >= 0.3 is 11.9 Å². The molecule has 4 nitrogen and oxygen atoms in total. The summed E-state index contributed by atoms with van der Waals surface area (Å²) in [6.45, 7) is 10.2. The van der Waals surface area contributed by atoms with Crippen molar-refractivity contribution in [3.05, 3.63) is 64.7 Å². The highest BCUT2D eigenvalue weighted by Crippen LogP contribution is 2.37. The highest BCUT2D eigenvalue weighted by molar-refractivity contribution is 6.75. The van der Waals surface area contributed by atoms with Gasteiger partial charge < -0.3 is 9.16 Å². The van der Waals surface area contributed by atoms with Crippen molar-refractivity contribution in [2.45, 2.75) is 38.9 Å². The predicted octanol–water partition coefficient (Wildman–Crippen LogP) is 5.72. The van der Waals surface area contributed by atoms with E-state index in [2.05, 4.69) is 20.8 Å². The van der Waals surface area contributed by atoms with Crippen LogP contribution in [0.3, 0.4) is 0 Å². The summed E-state index contributed by atoms with van der Waals surface area (Å²) in [5.74, 6) is -0.860. The lowest BCUT2D eigenvalue weighted by Gasteiger charge is -2.35. The predicted molar refractivity (Wildman–Crippen MR) is 105 cm³/mol. The molecule has 0 unspecified atom stereocenters. The molecule has 0 saturated heterocycles. The van der Waals surface area contributed by atoms with Crippen LogP contribution in [0.2, 0.25) is 23.2 Å². The summed E-state index contributed by atoms with van der Waals surface area (Å²) < 4.78 is 11.2. The summed E-state index contributed by atoms with van der Waals surface area (Å²) in [5, 5.41) is 0.414. The van der Waals surface area contributed by atoms with Gasteiger partial charge in [-0.3, -0.25) is 0 Å². The number of ether oxygens (including phenoxy) is 1. The topological polar surface area (TPSA) is 52.6 Å². The fourth-order valence-corrected chi connectivity index (χ4v) is 2.91. The molecule has 0 amide bonds. The molecule has 0 spiro atoms.